The van der Waals surface area contributed by atoms with Gasteiger partial charge in [0.25, 0.3) is 0 Å². The number of nitrogens with zero attached hydrogens (tertiary/aromatic N) is 1. The molecule has 3 rings (SSSR count). The van der Waals surface area contributed by atoms with Crippen molar-refractivity contribution >= 4 is 18.3 Å². The fourth-order valence-corrected chi connectivity index (χ4v) is 3.47. The van der Waals surface area contributed by atoms with E-state index in [-0.39, 0.29) is 30.3 Å². The second kappa shape index (κ2) is 10.3. The molecule has 5 heteroatoms. The van der Waals surface area contributed by atoms with E-state index in [2.05, 4.69) is 19.1 Å². The Bertz CT molecular complexity index is 706. The summed E-state index contributed by atoms with van der Waals surface area (Å²) in [4.78, 5) is 14.5. The molecule has 0 aromatic heterocycles. The molecule has 1 saturated heterocycles. The zero-order chi connectivity index (χ0) is 18.4. The zero-order valence-electron chi connectivity index (χ0n) is 15.8. The van der Waals surface area contributed by atoms with E-state index in [4.69, 9.17) is 10.5 Å². The van der Waals surface area contributed by atoms with Crippen LogP contribution in [0.2, 0.25) is 0 Å². The van der Waals surface area contributed by atoms with Crippen molar-refractivity contribution in [1.29, 1.82) is 0 Å². The number of likely N-dealkylation sites (tertiary alicyclic amines) is 1. The number of carbonyl (C=O) groups is 1. The van der Waals surface area contributed by atoms with E-state index in [1.165, 1.54) is 5.56 Å². The lowest BCUT2D eigenvalue weighted by Crippen LogP contribution is -2.32. The van der Waals surface area contributed by atoms with Gasteiger partial charge in [0.05, 0.1) is 6.61 Å². The minimum Gasteiger partial charge on any atom is -0.494 e. The van der Waals surface area contributed by atoms with Crippen molar-refractivity contribution in [3.63, 3.8) is 0 Å². The number of rotatable bonds is 7. The summed E-state index contributed by atoms with van der Waals surface area (Å²) in [7, 11) is 0. The van der Waals surface area contributed by atoms with Gasteiger partial charge in [0.2, 0.25) is 5.91 Å². The molecular weight excluding hydrogens is 360 g/mol. The molecule has 0 aliphatic carbocycles. The summed E-state index contributed by atoms with van der Waals surface area (Å²) in [6, 6.07) is 18.3. The second-order valence-electron chi connectivity index (χ2n) is 6.97. The van der Waals surface area contributed by atoms with Crippen LogP contribution < -0.4 is 10.5 Å². The van der Waals surface area contributed by atoms with Gasteiger partial charge in [-0.2, -0.15) is 0 Å². The zero-order valence-corrected chi connectivity index (χ0v) is 16.7. The molecule has 0 saturated carbocycles. The predicted molar refractivity (Wildman–Crippen MR) is 112 cm³/mol. The smallest absolute Gasteiger partial charge is 0.222 e. The van der Waals surface area contributed by atoms with Crippen LogP contribution in [0.15, 0.2) is 54.6 Å². The SMILES string of the molecule is CCCOc1ccc(CCC(=O)N2C[C@@H](N)[C@H](c3ccccc3)C2)cc1.Cl. The van der Waals surface area contributed by atoms with Crippen LogP contribution in [-0.2, 0) is 11.2 Å². The van der Waals surface area contributed by atoms with Crippen LogP contribution in [0.1, 0.15) is 36.8 Å². The maximum Gasteiger partial charge on any atom is 0.222 e. The maximum absolute atomic E-state index is 12.6. The van der Waals surface area contributed by atoms with Crippen molar-refractivity contribution in [2.45, 2.75) is 38.1 Å². The molecule has 2 aromatic rings. The quantitative estimate of drug-likeness (QED) is 0.785. The van der Waals surface area contributed by atoms with Crippen molar-refractivity contribution in [2.24, 2.45) is 5.73 Å². The number of nitrogens with two attached hydrogens (primary N) is 1. The Morgan fingerprint density at radius 1 is 1.11 bits per heavy atom. The second-order valence-corrected chi connectivity index (χ2v) is 6.97. The van der Waals surface area contributed by atoms with Gasteiger partial charge >= 0.3 is 0 Å². The first-order valence-electron chi connectivity index (χ1n) is 9.47. The van der Waals surface area contributed by atoms with Crippen molar-refractivity contribution in [3.05, 3.63) is 65.7 Å². The molecule has 1 fully saturated rings. The lowest BCUT2D eigenvalue weighted by molar-refractivity contribution is -0.130. The molecule has 1 aliphatic rings. The lowest BCUT2D eigenvalue weighted by atomic mass is 9.95. The summed E-state index contributed by atoms with van der Waals surface area (Å²) in [6.07, 6.45) is 2.26. The van der Waals surface area contributed by atoms with Crippen LogP contribution in [0.4, 0.5) is 0 Å². The van der Waals surface area contributed by atoms with E-state index in [9.17, 15) is 4.79 Å². The van der Waals surface area contributed by atoms with Gasteiger partial charge in [-0.3, -0.25) is 4.79 Å². The fraction of sp³-hybridized carbons (Fsp3) is 0.409. The first-order chi connectivity index (χ1) is 12.7. The Morgan fingerprint density at radius 3 is 2.48 bits per heavy atom. The minimum atomic E-state index is 0. The highest BCUT2D eigenvalue weighted by molar-refractivity contribution is 5.85. The van der Waals surface area contributed by atoms with Crippen molar-refractivity contribution in [2.75, 3.05) is 19.7 Å². The Hall–Kier alpha value is -2.04. The Balaban J connectivity index is 0.00000261. The molecule has 27 heavy (non-hydrogen) atoms. The standard InChI is InChI=1S/C22H28N2O2.ClH/c1-2-14-26-19-11-8-17(9-12-19)10-13-22(25)24-15-20(21(23)16-24)18-6-4-3-5-7-18;/h3-9,11-12,20-21H,2,10,13-16,23H2,1H3;1H/t20-,21+;/m0./s1. The number of ether oxygens (including phenoxy) is 1. The molecule has 1 aliphatic heterocycles. The highest BCUT2D eigenvalue weighted by Crippen LogP contribution is 2.27. The number of halogens is 1. The van der Waals surface area contributed by atoms with Crippen LogP contribution >= 0.6 is 12.4 Å². The molecule has 0 bridgehead atoms. The van der Waals surface area contributed by atoms with E-state index in [1.54, 1.807) is 0 Å². The predicted octanol–water partition coefficient (Wildman–Crippen LogP) is 3.78. The molecule has 1 heterocycles. The molecule has 2 N–H and O–H groups in total. The monoisotopic (exact) mass is 388 g/mol. The Morgan fingerprint density at radius 2 is 1.81 bits per heavy atom. The number of hydrogen-bond donors (Lipinski definition) is 1. The summed E-state index contributed by atoms with van der Waals surface area (Å²) >= 11 is 0. The summed E-state index contributed by atoms with van der Waals surface area (Å²) in [5, 5.41) is 0. The van der Waals surface area contributed by atoms with Gasteiger partial charge in [-0.1, -0.05) is 49.4 Å². The van der Waals surface area contributed by atoms with Crippen molar-refractivity contribution in [1.82, 2.24) is 4.90 Å². The number of amides is 1. The van der Waals surface area contributed by atoms with Gasteiger partial charge in [0, 0.05) is 31.5 Å². The maximum atomic E-state index is 12.6. The Labute approximate surface area is 168 Å². The van der Waals surface area contributed by atoms with Gasteiger partial charge in [-0.15, -0.1) is 12.4 Å². The molecular formula is C22H29ClN2O2. The van der Waals surface area contributed by atoms with E-state index in [1.807, 2.05) is 47.4 Å². The molecule has 0 unspecified atom stereocenters. The number of benzene rings is 2. The molecule has 0 radical (unpaired) electrons. The van der Waals surface area contributed by atoms with Crippen LogP contribution in [0.3, 0.4) is 0 Å². The Kier molecular flexibility index (Phi) is 8.14. The fourth-order valence-electron chi connectivity index (χ4n) is 3.47. The molecule has 2 aromatic carbocycles. The highest BCUT2D eigenvalue weighted by atomic mass is 35.5. The van der Waals surface area contributed by atoms with E-state index >= 15 is 0 Å². The number of hydrogen-bond acceptors (Lipinski definition) is 3. The van der Waals surface area contributed by atoms with Gasteiger partial charge in [0.15, 0.2) is 0 Å². The van der Waals surface area contributed by atoms with Crippen molar-refractivity contribution < 1.29 is 9.53 Å². The topological polar surface area (TPSA) is 55.6 Å². The number of aryl methyl sites for hydroxylation is 1. The van der Waals surface area contributed by atoms with Crippen LogP contribution in [0.5, 0.6) is 5.75 Å². The first-order valence-corrected chi connectivity index (χ1v) is 9.47. The van der Waals surface area contributed by atoms with Crippen LogP contribution in [0.25, 0.3) is 0 Å². The normalized spacial score (nSPS) is 18.8. The third kappa shape index (κ3) is 5.72. The van der Waals surface area contributed by atoms with E-state index in [0.717, 1.165) is 30.8 Å². The van der Waals surface area contributed by atoms with Crippen LogP contribution in [-0.4, -0.2) is 36.5 Å². The molecule has 1 amide bonds. The highest BCUT2D eigenvalue weighted by Gasteiger charge is 2.33. The summed E-state index contributed by atoms with van der Waals surface area (Å²) in [5.74, 6) is 1.30. The lowest BCUT2D eigenvalue weighted by Gasteiger charge is -2.16. The van der Waals surface area contributed by atoms with E-state index < -0.39 is 0 Å². The van der Waals surface area contributed by atoms with Crippen molar-refractivity contribution in [3.8, 4) is 5.75 Å². The summed E-state index contributed by atoms with van der Waals surface area (Å²) < 4.78 is 5.59. The molecule has 146 valence electrons. The minimum absolute atomic E-state index is 0. The summed E-state index contributed by atoms with van der Waals surface area (Å²) in [5.41, 5.74) is 8.67. The third-order valence-corrected chi connectivity index (χ3v) is 4.97. The van der Waals surface area contributed by atoms with Crippen LogP contribution in [0, 0.1) is 0 Å². The molecule has 4 nitrogen and oxygen atoms in total. The molecule has 2 atom stereocenters. The molecule has 0 spiro atoms. The van der Waals surface area contributed by atoms with Gasteiger partial charge in [-0.25, -0.2) is 0 Å². The van der Waals surface area contributed by atoms with Gasteiger partial charge < -0.3 is 15.4 Å². The van der Waals surface area contributed by atoms with Gasteiger partial charge in [0.1, 0.15) is 5.75 Å². The largest absolute Gasteiger partial charge is 0.494 e. The summed E-state index contributed by atoms with van der Waals surface area (Å²) in [6.45, 7) is 4.18. The third-order valence-electron chi connectivity index (χ3n) is 4.97. The first kappa shape index (κ1) is 21.3. The average molecular weight is 389 g/mol. The number of carbonyl (C=O) groups excluding carboxylic acids is 1. The average Bonchev–Trinajstić information content (AvgIpc) is 3.08. The van der Waals surface area contributed by atoms with Gasteiger partial charge in [-0.05, 0) is 36.1 Å². The van der Waals surface area contributed by atoms with E-state index in [0.29, 0.717) is 19.5 Å².